The zero-order valence-corrected chi connectivity index (χ0v) is 9.22. The number of ether oxygens (including phenoxy) is 1. The van der Waals surface area contributed by atoms with Crippen LogP contribution in [0.5, 0.6) is 0 Å². The van der Waals surface area contributed by atoms with Gasteiger partial charge in [0, 0.05) is 6.54 Å². The Morgan fingerprint density at radius 3 is 2.53 bits per heavy atom. The summed E-state index contributed by atoms with van der Waals surface area (Å²) in [6.07, 6.45) is -6.18. The molecule has 0 fully saturated rings. The van der Waals surface area contributed by atoms with Crippen molar-refractivity contribution < 1.29 is 22.3 Å². The second-order valence-corrected chi connectivity index (χ2v) is 3.46. The van der Waals surface area contributed by atoms with Gasteiger partial charge in [-0.25, -0.2) is 4.39 Å². The summed E-state index contributed by atoms with van der Waals surface area (Å²) in [5.41, 5.74) is 0.246. The van der Waals surface area contributed by atoms with E-state index in [1.807, 2.05) is 0 Å². The van der Waals surface area contributed by atoms with E-state index in [-0.39, 0.29) is 18.8 Å². The minimum Gasteiger partial charge on any atom is -0.380 e. The van der Waals surface area contributed by atoms with E-state index in [9.17, 15) is 17.6 Å². The fraction of sp³-hybridized carbons (Fsp3) is 0.455. The lowest BCUT2D eigenvalue weighted by Crippen LogP contribution is -2.30. The Kier molecular flexibility index (Phi) is 4.74. The van der Waals surface area contributed by atoms with Crippen molar-refractivity contribution >= 4 is 5.69 Å². The normalized spacial score (nSPS) is 13.5. The highest BCUT2D eigenvalue weighted by molar-refractivity contribution is 5.44. The monoisotopic (exact) mass is 251 g/mol. The van der Waals surface area contributed by atoms with Gasteiger partial charge in [0.05, 0.1) is 12.3 Å². The number of hydrogen-bond acceptors (Lipinski definition) is 2. The zero-order chi connectivity index (χ0) is 12.9. The molecule has 17 heavy (non-hydrogen) atoms. The Morgan fingerprint density at radius 1 is 1.29 bits per heavy atom. The molecule has 96 valence electrons. The van der Waals surface area contributed by atoms with Crippen LogP contribution in [0.25, 0.3) is 0 Å². The molecule has 2 nitrogen and oxygen atoms in total. The molecule has 0 bridgehead atoms. The largest absolute Gasteiger partial charge is 0.414 e. The molecule has 0 saturated carbocycles. The summed E-state index contributed by atoms with van der Waals surface area (Å²) in [4.78, 5) is 0. The number of halogens is 4. The Labute approximate surface area is 96.6 Å². The third-order valence-electron chi connectivity index (χ3n) is 2.12. The molecule has 1 unspecified atom stereocenters. The lowest BCUT2D eigenvalue weighted by molar-refractivity contribution is -0.213. The van der Waals surface area contributed by atoms with E-state index < -0.39 is 18.1 Å². The summed E-state index contributed by atoms with van der Waals surface area (Å²) >= 11 is 0. The third kappa shape index (κ3) is 4.60. The van der Waals surface area contributed by atoms with Gasteiger partial charge in [-0.05, 0) is 19.1 Å². The number of rotatable bonds is 5. The van der Waals surface area contributed by atoms with Crippen molar-refractivity contribution in [1.29, 1.82) is 0 Å². The van der Waals surface area contributed by atoms with Crippen LogP contribution in [0.1, 0.15) is 6.92 Å². The van der Waals surface area contributed by atoms with Crippen molar-refractivity contribution in [3.8, 4) is 0 Å². The van der Waals surface area contributed by atoms with Crippen LogP contribution in [-0.2, 0) is 4.74 Å². The fourth-order valence-corrected chi connectivity index (χ4v) is 1.12. The molecule has 0 radical (unpaired) electrons. The average molecular weight is 251 g/mol. The molecule has 0 aliphatic heterocycles. The smallest absolute Gasteiger partial charge is 0.380 e. The molecule has 0 aliphatic rings. The van der Waals surface area contributed by atoms with Crippen molar-refractivity contribution in [3.63, 3.8) is 0 Å². The van der Waals surface area contributed by atoms with Crippen LogP contribution in [0.15, 0.2) is 24.3 Å². The number of benzene rings is 1. The zero-order valence-electron chi connectivity index (χ0n) is 9.22. The molecule has 0 aliphatic carbocycles. The molecule has 0 spiro atoms. The van der Waals surface area contributed by atoms with E-state index >= 15 is 0 Å². The quantitative estimate of drug-likeness (QED) is 0.641. The van der Waals surface area contributed by atoms with E-state index in [1.54, 1.807) is 6.07 Å². The van der Waals surface area contributed by atoms with Gasteiger partial charge < -0.3 is 10.1 Å². The summed E-state index contributed by atoms with van der Waals surface area (Å²) in [7, 11) is 0. The maximum absolute atomic E-state index is 13.1. The summed E-state index contributed by atoms with van der Waals surface area (Å²) in [6, 6.07) is 5.93. The van der Waals surface area contributed by atoms with Gasteiger partial charge in [0.15, 0.2) is 6.10 Å². The molecule has 1 aromatic carbocycles. The van der Waals surface area contributed by atoms with Crippen molar-refractivity contribution in [1.82, 2.24) is 0 Å². The van der Waals surface area contributed by atoms with Crippen molar-refractivity contribution in [2.75, 3.05) is 18.5 Å². The SMILES string of the molecule is CC(OCCNc1ccccc1F)C(F)(F)F. The van der Waals surface area contributed by atoms with Crippen LogP contribution in [0.2, 0.25) is 0 Å². The summed E-state index contributed by atoms with van der Waals surface area (Å²) in [6.45, 7) is 0.902. The van der Waals surface area contributed by atoms with Gasteiger partial charge in [-0.2, -0.15) is 13.2 Å². The predicted molar refractivity (Wildman–Crippen MR) is 56.4 cm³/mol. The minimum absolute atomic E-state index is 0.112. The lowest BCUT2D eigenvalue weighted by Gasteiger charge is -2.16. The van der Waals surface area contributed by atoms with Crippen molar-refractivity contribution in [3.05, 3.63) is 30.1 Å². The van der Waals surface area contributed by atoms with Crippen LogP contribution >= 0.6 is 0 Å². The highest BCUT2D eigenvalue weighted by atomic mass is 19.4. The number of anilines is 1. The number of para-hydroxylation sites is 1. The number of alkyl halides is 3. The Morgan fingerprint density at radius 2 is 1.94 bits per heavy atom. The maximum Gasteiger partial charge on any atom is 0.414 e. The van der Waals surface area contributed by atoms with E-state index in [0.717, 1.165) is 6.92 Å². The molecule has 1 aromatic rings. The van der Waals surface area contributed by atoms with Gasteiger partial charge in [-0.3, -0.25) is 0 Å². The van der Waals surface area contributed by atoms with E-state index in [4.69, 9.17) is 0 Å². The average Bonchev–Trinajstić information content (AvgIpc) is 2.25. The first-order valence-corrected chi connectivity index (χ1v) is 5.08. The van der Waals surface area contributed by atoms with Crippen molar-refractivity contribution in [2.45, 2.75) is 19.2 Å². The number of hydrogen-bond donors (Lipinski definition) is 1. The molecule has 1 atom stereocenters. The Hall–Kier alpha value is -1.30. The maximum atomic E-state index is 13.1. The van der Waals surface area contributed by atoms with Gasteiger partial charge >= 0.3 is 6.18 Å². The van der Waals surface area contributed by atoms with E-state index in [0.29, 0.717) is 0 Å². The molecule has 0 aromatic heterocycles. The summed E-state index contributed by atoms with van der Waals surface area (Å²) in [5.74, 6) is -0.448. The predicted octanol–water partition coefficient (Wildman–Crippen LogP) is 3.21. The van der Waals surface area contributed by atoms with Crippen LogP contribution < -0.4 is 5.32 Å². The standard InChI is InChI=1S/C11H13F4NO/c1-8(11(13,14)15)17-7-6-16-10-5-3-2-4-9(10)12/h2-5,8,16H,6-7H2,1H3. The van der Waals surface area contributed by atoms with Gasteiger partial charge in [-0.1, -0.05) is 12.1 Å². The van der Waals surface area contributed by atoms with Gasteiger partial charge in [0.2, 0.25) is 0 Å². The minimum atomic E-state index is -4.36. The molecular weight excluding hydrogens is 238 g/mol. The van der Waals surface area contributed by atoms with Gasteiger partial charge in [0.25, 0.3) is 0 Å². The van der Waals surface area contributed by atoms with Crippen molar-refractivity contribution in [2.24, 2.45) is 0 Å². The van der Waals surface area contributed by atoms with Crippen LogP contribution in [0.4, 0.5) is 23.2 Å². The second kappa shape index (κ2) is 5.86. The number of nitrogens with one attached hydrogen (secondary N) is 1. The van der Waals surface area contributed by atoms with E-state index in [1.165, 1.54) is 18.2 Å². The van der Waals surface area contributed by atoms with E-state index in [2.05, 4.69) is 10.1 Å². The Balaban J connectivity index is 2.28. The highest BCUT2D eigenvalue weighted by Gasteiger charge is 2.36. The summed E-state index contributed by atoms with van der Waals surface area (Å²) in [5, 5.41) is 2.65. The molecule has 0 heterocycles. The topological polar surface area (TPSA) is 21.3 Å². The molecular formula is C11H13F4NO. The van der Waals surface area contributed by atoms with Crippen LogP contribution in [-0.4, -0.2) is 25.4 Å². The second-order valence-electron chi connectivity index (χ2n) is 3.46. The molecule has 0 amide bonds. The first kappa shape index (κ1) is 13.8. The molecule has 0 saturated heterocycles. The van der Waals surface area contributed by atoms with Gasteiger partial charge in [0.1, 0.15) is 5.82 Å². The first-order valence-electron chi connectivity index (χ1n) is 5.08. The van der Waals surface area contributed by atoms with Crippen LogP contribution in [0.3, 0.4) is 0 Å². The molecule has 1 rings (SSSR count). The summed E-state index contributed by atoms with van der Waals surface area (Å²) < 4.78 is 53.8. The van der Waals surface area contributed by atoms with Gasteiger partial charge in [-0.15, -0.1) is 0 Å². The Bertz CT molecular complexity index is 354. The fourth-order valence-electron chi connectivity index (χ4n) is 1.12. The molecule has 6 heteroatoms. The molecule has 1 N–H and O–H groups in total. The lowest BCUT2D eigenvalue weighted by atomic mass is 10.3. The third-order valence-corrected chi connectivity index (χ3v) is 2.12. The van der Waals surface area contributed by atoms with Crippen LogP contribution in [0, 0.1) is 5.82 Å². The highest BCUT2D eigenvalue weighted by Crippen LogP contribution is 2.22. The first-order chi connectivity index (χ1) is 7.91.